The first-order valence-electron chi connectivity index (χ1n) is 15.2. The number of piperidine rings is 1. The van der Waals surface area contributed by atoms with Crippen LogP contribution in [0.3, 0.4) is 0 Å². The van der Waals surface area contributed by atoms with Crippen molar-refractivity contribution >= 4 is 23.4 Å². The molecule has 8 nitrogen and oxygen atoms in total. The predicted molar refractivity (Wildman–Crippen MR) is 153 cm³/mol. The fraction of sp³-hybridized carbons (Fsp3) is 0.645. The molecule has 3 heterocycles. The molecule has 39 heavy (non-hydrogen) atoms. The average Bonchev–Trinajstić information content (AvgIpc) is 3.64. The SMILES string of the molecule is CC(=O)N1c2ccc(-c3cnn(C4CC4)c3)cc2N(C(=O)OC2CC(C3CCCCCCC3)CCN2)C[C@@H]1C. The summed E-state index contributed by atoms with van der Waals surface area (Å²) in [7, 11) is 0. The summed E-state index contributed by atoms with van der Waals surface area (Å²) in [5.41, 5.74) is 3.47. The lowest BCUT2D eigenvalue weighted by Crippen LogP contribution is -2.53. The minimum atomic E-state index is -0.340. The molecule has 0 radical (unpaired) electrons. The van der Waals surface area contributed by atoms with E-state index in [1.807, 2.05) is 36.0 Å². The van der Waals surface area contributed by atoms with E-state index in [0.29, 0.717) is 18.5 Å². The second kappa shape index (κ2) is 11.3. The monoisotopic (exact) mass is 533 g/mol. The molecule has 4 aliphatic rings. The molecule has 2 amide bonds. The number of carbonyl (C=O) groups is 2. The zero-order valence-electron chi connectivity index (χ0n) is 23.5. The normalized spacial score (nSPS) is 26.5. The van der Waals surface area contributed by atoms with Gasteiger partial charge in [0.15, 0.2) is 6.23 Å². The summed E-state index contributed by atoms with van der Waals surface area (Å²) in [6.45, 7) is 4.86. The molecule has 1 aromatic carbocycles. The molecule has 6 rings (SSSR count). The quantitative estimate of drug-likeness (QED) is 0.501. The van der Waals surface area contributed by atoms with Gasteiger partial charge < -0.3 is 9.64 Å². The summed E-state index contributed by atoms with van der Waals surface area (Å²) in [6, 6.07) is 6.35. The van der Waals surface area contributed by atoms with Crippen LogP contribution in [0.1, 0.15) is 90.5 Å². The van der Waals surface area contributed by atoms with Gasteiger partial charge in [-0.3, -0.25) is 19.7 Å². The fourth-order valence-electron chi connectivity index (χ4n) is 7.05. The zero-order chi connectivity index (χ0) is 26.9. The van der Waals surface area contributed by atoms with Crippen molar-refractivity contribution in [1.82, 2.24) is 15.1 Å². The number of hydrogen-bond donors (Lipinski definition) is 1. The number of rotatable bonds is 4. The molecule has 3 fully saturated rings. The lowest BCUT2D eigenvalue weighted by molar-refractivity contribution is -0.117. The van der Waals surface area contributed by atoms with Crippen LogP contribution in [0.25, 0.3) is 11.1 Å². The molecular formula is C31H43N5O3. The van der Waals surface area contributed by atoms with Crippen LogP contribution in [-0.4, -0.2) is 47.1 Å². The van der Waals surface area contributed by atoms with Gasteiger partial charge in [0.1, 0.15) is 0 Å². The van der Waals surface area contributed by atoms with Crippen LogP contribution in [-0.2, 0) is 9.53 Å². The van der Waals surface area contributed by atoms with E-state index in [-0.39, 0.29) is 24.3 Å². The van der Waals surface area contributed by atoms with E-state index >= 15 is 0 Å². The lowest BCUT2D eigenvalue weighted by atomic mass is 9.77. The number of anilines is 2. The Labute approximate surface area is 232 Å². The van der Waals surface area contributed by atoms with Crippen molar-refractivity contribution in [2.24, 2.45) is 11.8 Å². The molecule has 2 unspecified atom stereocenters. The van der Waals surface area contributed by atoms with Crippen LogP contribution >= 0.6 is 0 Å². The molecule has 210 valence electrons. The maximum atomic E-state index is 13.7. The van der Waals surface area contributed by atoms with Gasteiger partial charge >= 0.3 is 6.09 Å². The number of hydrogen-bond acceptors (Lipinski definition) is 5. The fourth-order valence-corrected chi connectivity index (χ4v) is 7.05. The molecule has 0 spiro atoms. The van der Waals surface area contributed by atoms with Crippen LogP contribution in [0.4, 0.5) is 16.2 Å². The highest BCUT2D eigenvalue weighted by Crippen LogP contribution is 2.41. The number of fused-ring (bicyclic) bond motifs is 1. The van der Waals surface area contributed by atoms with E-state index in [0.717, 1.165) is 47.8 Å². The number of nitrogens with one attached hydrogen (secondary N) is 1. The Morgan fingerprint density at radius 2 is 1.72 bits per heavy atom. The van der Waals surface area contributed by atoms with E-state index < -0.39 is 0 Å². The van der Waals surface area contributed by atoms with Gasteiger partial charge in [0.25, 0.3) is 0 Å². The summed E-state index contributed by atoms with van der Waals surface area (Å²) in [4.78, 5) is 29.9. The zero-order valence-corrected chi connectivity index (χ0v) is 23.5. The maximum Gasteiger partial charge on any atom is 0.416 e. The summed E-state index contributed by atoms with van der Waals surface area (Å²) in [5, 5.41) is 8.01. The highest BCUT2D eigenvalue weighted by atomic mass is 16.6. The Morgan fingerprint density at radius 3 is 2.46 bits per heavy atom. The molecular weight excluding hydrogens is 490 g/mol. The van der Waals surface area contributed by atoms with Crippen LogP contribution in [0.2, 0.25) is 0 Å². The number of nitrogens with zero attached hydrogens (tertiary/aromatic N) is 4. The first kappa shape index (κ1) is 26.4. The van der Waals surface area contributed by atoms with Crippen molar-refractivity contribution in [3.63, 3.8) is 0 Å². The van der Waals surface area contributed by atoms with Gasteiger partial charge in [-0.15, -0.1) is 0 Å². The summed E-state index contributed by atoms with van der Waals surface area (Å²) >= 11 is 0. The van der Waals surface area contributed by atoms with Crippen molar-refractivity contribution in [3.05, 3.63) is 30.6 Å². The highest BCUT2D eigenvalue weighted by molar-refractivity contribution is 6.03. The average molecular weight is 534 g/mol. The first-order chi connectivity index (χ1) is 19.0. The van der Waals surface area contributed by atoms with Gasteiger partial charge in [0.05, 0.1) is 29.7 Å². The minimum Gasteiger partial charge on any atom is -0.430 e. The van der Waals surface area contributed by atoms with Crippen molar-refractivity contribution in [2.75, 3.05) is 22.9 Å². The van der Waals surface area contributed by atoms with E-state index in [1.54, 1.807) is 16.7 Å². The highest BCUT2D eigenvalue weighted by Gasteiger charge is 2.37. The maximum absolute atomic E-state index is 13.7. The summed E-state index contributed by atoms with van der Waals surface area (Å²) in [5.74, 6) is 1.33. The molecule has 3 atom stereocenters. The van der Waals surface area contributed by atoms with Crippen molar-refractivity contribution in [2.45, 2.75) is 103 Å². The number of amides is 2. The molecule has 2 aliphatic heterocycles. The van der Waals surface area contributed by atoms with Gasteiger partial charge in [-0.05, 0) is 62.3 Å². The third-order valence-corrected chi connectivity index (χ3v) is 9.29. The largest absolute Gasteiger partial charge is 0.430 e. The summed E-state index contributed by atoms with van der Waals surface area (Å²) < 4.78 is 8.19. The molecule has 8 heteroatoms. The number of aromatic nitrogens is 2. The predicted octanol–water partition coefficient (Wildman–Crippen LogP) is 6.27. The van der Waals surface area contributed by atoms with Gasteiger partial charge in [-0.1, -0.05) is 51.0 Å². The molecule has 1 saturated heterocycles. The molecule has 2 aliphatic carbocycles. The van der Waals surface area contributed by atoms with E-state index in [2.05, 4.69) is 16.6 Å². The van der Waals surface area contributed by atoms with Gasteiger partial charge in [0, 0.05) is 31.6 Å². The number of carbonyl (C=O) groups excluding carboxylic acids is 2. The number of ether oxygens (including phenoxy) is 1. The third kappa shape index (κ3) is 5.72. The standard InChI is InChI=1S/C31H43N5O3/c1-21-19-34(31(38)39-30-17-25(14-15-32-30)23-8-6-4-3-5-7-9-23)29-16-24(10-13-28(29)36(21)22(2)37)26-18-33-35(20-26)27-11-12-27/h10,13,16,18,20-21,23,25,27,30,32H,3-9,11-12,14-15,17,19H2,1-2H3/t21-,25?,30?/m0/s1. The second-order valence-electron chi connectivity index (χ2n) is 12.2. The van der Waals surface area contributed by atoms with E-state index in [9.17, 15) is 9.59 Å². The molecule has 1 aromatic heterocycles. The van der Waals surface area contributed by atoms with Gasteiger partial charge in [-0.2, -0.15) is 5.10 Å². The smallest absolute Gasteiger partial charge is 0.416 e. The Hall–Kier alpha value is -2.87. The van der Waals surface area contributed by atoms with Crippen molar-refractivity contribution in [3.8, 4) is 11.1 Å². The van der Waals surface area contributed by atoms with Crippen molar-refractivity contribution < 1.29 is 14.3 Å². The van der Waals surface area contributed by atoms with Crippen LogP contribution < -0.4 is 15.1 Å². The molecule has 1 N–H and O–H groups in total. The van der Waals surface area contributed by atoms with Gasteiger partial charge in [-0.25, -0.2) is 4.79 Å². The minimum absolute atomic E-state index is 0.0259. The lowest BCUT2D eigenvalue weighted by Gasteiger charge is -2.41. The third-order valence-electron chi connectivity index (χ3n) is 9.29. The summed E-state index contributed by atoms with van der Waals surface area (Å²) in [6.07, 6.45) is 17.1. The number of benzene rings is 1. The Bertz CT molecular complexity index is 1180. The van der Waals surface area contributed by atoms with E-state index in [4.69, 9.17) is 4.74 Å². The van der Waals surface area contributed by atoms with Gasteiger partial charge in [0.2, 0.25) is 5.91 Å². The first-order valence-corrected chi connectivity index (χ1v) is 15.2. The Kier molecular flexibility index (Phi) is 7.65. The van der Waals surface area contributed by atoms with Crippen LogP contribution in [0, 0.1) is 11.8 Å². The second-order valence-corrected chi connectivity index (χ2v) is 12.2. The topological polar surface area (TPSA) is 79.7 Å². The Morgan fingerprint density at radius 1 is 0.949 bits per heavy atom. The molecule has 2 saturated carbocycles. The van der Waals surface area contributed by atoms with Crippen molar-refractivity contribution in [1.29, 1.82) is 0 Å². The molecule has 0 bridgehead atoms. The van der Waals surface area contributed by atoms with E-state index in [1.165, 1.54) is 57.8 Å². The Balaban J connectivity index is 1.21. The van der Waals surface area contributed by atoms with Crippen LogP contribution in [0.15, 0.2) is 30.6 Å². The van der Waals surface area contributed by atoms with Crippen LogP contribution in [0.5, 0.6) is 0 Å². The molecule has 2 aromatic rings.